The van der Waals surface area contributed by atoms with E-state index in [2.05, 4.69) is 164 Å². The van der Waals surface area contributed by atoms with Gasteiger partial charge in [-0.2, -0.15) is 0 Å². The molecule has 0 N–H and O–H groups in total. The van der Waals surface area contributed by atoms with Crippen molar-refractivity contribution in [2.24, 2.45) is 0 Å². The van der Waals surface area contributed by atoms with Crippen molar-refractivity contribution < 1.29 is 0 Å². The van der Waals surface area contributed by atoms with E-state index in [4.69, 9.17) is 0 Å². The molecule has 40 heavy (non-hydrogen) atoms. The Morgan fingerprint density at radius 3 is 1.68 bits per heavy atom. The maximum Gasteiger partial charge on any atom is -0.00300 e. The van der Waals surface area contributed by atoms with Gasteiger partial charge in [0, 0.05) is 0 Å². The van der Waals surface area contributed by atoms with Crippen molar-refractivity contribution in [1.29, 1.82) is 0 Å². The van der Waals surface area contributed by atoms with Crippen LogP contribution in [0, 0.1) is 6.92 Å². The Morgan fingerprint density at radius 2 is 1.12 bits per heavy atom. The van der Waals surface area contributed by atoms with Gasteiger partial charge >= 0.3 is 0 Å². The van der Waals surface area contributed by atoms with Gasteiger partial charge < -0.3 is 0 Å². The summed E-state index contributed by atoms with van der Waals surface area (Å²) in [4.78, 5) is 0. The zero-order valence-electron chi connectivity index (χ0n) is 25.2. The molecule has 0 aromatic heterocycles. The Balaban J connectivity index is 1.65. The second-order valence-electron chi connectivity index (χ2n) is 10.6. The Kier molecular flexibility index (Phi) is 9.56. The quantitative estimate of drug-likeness (QED) is 0.212. The number of hydrogen-bond acceptors (Lipinski definition) is 0. The molecule has 0 atom stereocenters. The molecule has 4 aromatic rings. The SMILES string of the molecule is C/C=c1/c(-c2ccc(/C(C)=C/C=C(C)/C(C)=C/C=C(\C)c3ccccc3)cc2)c2ccccc2c(C)/c1=C/CC. The molecule has 0 heteroatoms. The maximum atomic E-state index is 2.37. The highest BCUT2D eigenvalue weighted by Gasteiger charge is 2.11. The molecule has 0 saturated heterocycles. The van der Waals surface area contributed by atoms with Crippen molar-refractivity contribution >= 4 is 34.1 Å². The summed E-state index contributed by atoms with van der Waals surface area (Å²) in [6.45, 7) is 15.3. The van der Waals surface area contributed by atoms with E-state index in [0.717, 1.165) is 6.42 Å². The summed E-state index contributed by atoms with van der Waals surface area (Å²) in [5.41, 5.74) is 11.5. The molecule has 0 aliphatic carbocycles. The molecular formula is C40H42. The fraction of sp³-hybridized carbons (Fsp3) is 0.200. The third kappa shape index (κ3) is 6.35. The zero-order chi connectivity index (χ0) is 28.6. The maximum absolute atomic E-state index is 2.37. The summed E-state index contributed by atoms with van der Waals surface area (Å²) < 4.78 is 0. The van der Waals surface area contributed by atoms with Crippen LogP contribution in [0.2, 0.25) is 0 Å². The summed E-state index contributed by atoms with van der Waals surface area (Å²) in [6, 6.07) is 28.4. The van der Waals surface area contributed by atoms with Gasteiger partial charge in [-0.3, -0.25) is 0 Å². The Bertz CT molecular complexity index is 1740. The Hall–Kier alpha value is -4.16. The van der Waals surface area contributed by atoms with Gasteiger partial charge in [0.15, 0.2) is 0 Å². The van der Waals surface area contributed by atoms with Crippen LogP contribution in [0.3, 0.4) is 0 Å². The van der Waals surface area contributed by atoms with E-state index >= 15 is 0 Å². The third-order valence-corrected chi connectivity index (χ3v) is 7.91. The number of fused-ring (bicyclic) bond motifs is 1. The van der Waals surface area contributed by atoms with Crippen molar-refractivity contribution in [2.45, 2.75) is 54.9 Å². The van der Waals surface area contributed by atoms with Gasteiger partial charge in [0.1, 0.15) is 0 Å². The lowest BCUT2D eigenvalue weighted by molar-refractivity contribution is 1.27. The molecule has 0 nitrogen and oxygen atoms in total. The van der Waals surface area contributed by atoms with Crippen LogP contribution in [0.1, 0.15) is 64.7 Å². The second kappa shape index (κ2) is 13.3. The molecule has 0 amide bonds. The summed E-state index contributed by atoms with van der Waals surface area (Å²) >= 11 is 0. The molecule has 4 rings (SSSR count). The number of hydrogen-bond donors (Lipinski definition) is 0. The monoisotopic (exact) mass is 522 g/mol. The highest BCUT2D eigenvalue weighted by Crippen LogP contribution is 2.28. The topological polar surface area (TPSA) is 0 Å². The Labute approximate surface area is 241 Å². The average molecular weight is 523 g/mol. The van der Waals surface area contributed by atoms with Gasteiger partial charge in [-0.1, -0.05) is 122 Å². The van der Waals surface area contributed by atoms with Crippen LogP contribution in [0.25, 0.3) is 45.2 Å². The third-order valence-electron chi connectivity index (χ3n) is 7.91. The van der Waals surface area contributed by atoms with Gasteiger partial charge in [0.25, 0.3) is 0 Å². The highest BCUT2D eigenvalue weighted by molar-refractivity contribution is 5.99. The molecule has 0 aliphatic rings. The average Bonchev–Trinajstić information content (AvgIpc) is 3.00. The highest BCUT2D eigenvalue weighted by atomic mass is 14.1. The van der Waals surface area contributed by atoms with Gasteiger partial charge in [0.2, 0.25) is 0 Å². The molecule has 0 unspecified atom stereocenters. The lowest BCUT2D eigenvalue weighted by atomic mass is 9.90. The van der Waals surface area contributed by atoms with Crippen LogP contribution in [0.15, 0.2) is 114 Å². The molecule has 0 spiro atoms. The minimum atomic E-state index is 1.02. The molecule has 0 radical (unpaired) electrons. The number of aryl methyl sites for hydroxylation is 1. The summed E-state index contributed by atoms with van der Waals surface area (Å²) in [5.74, 6) is 0. The molecule has 0 fully saturated rings. The molecule has 0 heterocycles. The van der Waals surface area contributed by atoms with Crippen LogP contribution in [0.5, 0.6) is 0 Å². The molecule has 0 bridgehead atoms. The van der Waals surface area contributed by atoms with Crippen LogP contribution in [-0.4, -0.2) is 0 Å². The van der Waals surface area contributed by atoms with Crippen molar-refractivity contribution in [3.05, 3.63) is 141 Å². The lowest BCUT2D eigenvalue weighted by Crippen LogP contribution is -2.30. The molecule has 4 aromatic carbocycles. The van der Waals surface area contributed by atoms with E-state index in [0.29, 0.717) is 0 Å². The Morgan fingerprint density at radius 1 is 0.600 bits per heavy atom. The van der Waals surface area contributed by atoms with E-state index in [1.807, 2.05) is 0 Å². The van der Waals surface area contributed by atoms with E-state index in [1.54, 1.807) is 0 Å². The second-order valence-corrected chi connectivity index (χ2v) is 10.6. The zero-order valence-corrected chi connectivity index (χ0v) is 25.2. The first-order chi connectivity index (χ1) is 19.3. The van der Waals surface area contributed by atoms with E-state index in [-0.39, 0.29) is 0 Å². The first-order valence-corrected chi connectivity index (χ1v) is 14.4. The van der Waals surface area contributed by atoms with Crippen LogP contribution in [-0.2, 0) is 0 Å². The van der Waals surface area contributed by atoms with Crippen molar-refractivity contribution in [3.8, 4) is 11.1 Å². The first kappa shape index (κ1) is 28.8. The van der Waals surface area contributed by atoms with E-state index in [9.17, 15) is 0 Å². The predicted molar refractivity (Wildman–Crippen MR) is 180 cm³/mol. The van der Waals surface area contributed by atoms with Gasteiger partial charge in [-0.05, 0) is 119 Å². The van der Waals surface area contributed by atoms with Crippen LogP contribution in [0.4, 0.5) is 0 Å². The number of rotatable bonds is 7. The van der Waals surface area contributed by atoms with Crippen molar-refractivity contribution in [1.82, 2.24) is 0 Å². The first-order valence-electron chi connectivity index (χ1n) is 14.4. The fourth-order valence-electron chi connectivity index (χ4n) is 5.29. The largest absolute Gasteiger partial charge is 0.0791 e. The molecule has 0 aliphatic heterocycles. The van der Waals surface area contributed by atoms with Gasteiger partial charge in [-0.15, -0.1) is 0 Å². The summed E-state index contributed by atoms with van der Waals surface area (Å²) in [6.07, 6.45) is 14.5. The fourth-order valence-corrected chi connectivity index (χ4v) is 5.29. The van der Waals surface area contributed by atoms with Gasteiger partial charge in [0.05, 0.1) is 0 Å². The van der Waals surface area contributed by atoms with E-state index < -0.39 is 0 Å². The summed E-state index contributed by atoms with van der Waals surface area (Å²) in [5, 5.41) is 5.34. The minimum Gasteiger partial charge on any atom is -0.0791 e. The molecule has 202 valence electrons. The van der Waals surface area contributed by atoms with Crippen LogP contribution >= 0.6 is 0 Å². The number of benzene rings is 4. The van der Waals surface area contributed by atoms with Crippen molar-refractivity contribution in [2.75, 3.05) is 0 Å². The minimum absolute atomic E-state index is 1.02. The standard InChI is InChI=1S/C40H42/c1-8-15-37-32(7)38-18-13-14-19-39(38)40(36(37)9-2)35-26-24-34(25-27-35)31(6)23-21-29(4)28(3)20-22-30(5)33-16-11-10-12-17-33/h9-27H,8H2,1-7H3/b28-20+,29-21+,30-22+,31-23+,36-9+,37-15-. The lowest BCUT2D eigenvalue weighted by Gasteiger charge is -2.14. The smallest absolute Gasteiger partial charge is 0.00300 e. The van der Waals surface area contributed by atoms with Crippen molar-refractivity contribution in [3.63, 3.8) is 0 Å². The summed E-state index contributed by atoms with van der Waals surface area (Å²) in [7, 11) is 0. The van der Waals surface area contributed by atoms with Gasteiger partial charge in [-0.25, -0.2) is 0 Å². The number of allylic oxidation sites excluding steroid dienone is 8. The van der Waals surface area contributed by atoms with E-state index in [1.165, 1.54) is 71.3 Å². The normalized spacial score (nSPS) is 14.4. The molecular weight excluding hydrogens is 480 g/mol. The predicted octanol–water partition coefficient (Wildman–Crippen LogP) is 10.2. The molecule has 0 saturated carbocycles. The van der Waals surface area contributed by atoms with Crippen LogP contribution < -0.4 is 10.4 Å².